The van der Waals surface area contributed by atoms with Gasteiger partial charge >= 0.3 is 5.97 Å². The lowest BCUT2D eigenvalue weighted by atomic mass is 10.2. The largest absolute Gasteiger partial charge is 0.477 e. The minimum Gasteiger partial charge on any atom is -0.477 e. The van der Waals surface area contributed by atoms with Gasteiger partial charge in [-0.2, -0.15) is 0 Å². The van der Waals surface area contributed by atoms with E-state index < -0.39 is 29.2 Å². The summed E-state index contributed by atoms with van der Waals surface area (Å²) in [5, 5.41) is 8.95. The van der Waals surface area contributed by atoms with Crippen LogP contribution in [0.15, 0.2) is 23.1 Å². The van der Waals surface area contributed by atoms with Crippen LogP contribution in [0.25, 0.3) is 11.0 Å². The molecule has 2 atom stereocenters. The van der Waals surface area contributed by atoms with Gasteiger partial charge in [-0.25, -0.2) is 14.2 Å². The lowest BCUT2D eigenvalue weighted by Crippen LogP contribution is -2.21. The minimum absolute atomic E-state index is 0.128. The van der Waals surface area contributed by atoms with Crippen LogP contribution in [-0.4, -0.2) is 26.8 Å². The van der Waals surface area contributed by atoms with Crippen molar-refractivity contribution >= 4 is 28.6 Å². The summed E-state index contributed by atoms with van der Waals surface area (Å²) in [6, 6.07) is 2.43. The molecule has 98 valence electrons. The number of carbonyl (C=O) groups is 1. The molecule has 0 spiro atoms. The van der Waals surface area contributed by atoms with E-state index in [1.54, 1.807) is 0 Å². The van der Waals surface area contributed by atoms with Gasteiger partial charge in [0.2, 0.25) is 5.43 Å². The van der Waals surface area contributed by atoms with E-state index in [1.807, 2.05) is 0 Å². The molecule has 1 saturated carbocycles. The summed E-state index contributed by atoms with van der Waals surface area (Å²) in [6.45, 7) is 0. The number of hydrogen-bond donors (Lipinski definition) is 1. The van der Waals surface area contributed by atoms with Gasteiger partial charge in [-0.1, -0.05) is 11.6 Å². The van der Waals surface area contributed by atoms with Gasteiger partial charge in [-0.05, 0) is 12.1 Å². The Kier molecular flexibility index (Phi) is 2.56. The van der Waals surface area contributed by atoms with Gasteiger partial charge in [0, 0.05) is 12.6 Å². The lowest BCUT2D eigenvalue weighted by molar-refractivity contribution is 0.0695. The number of halogens is 2. The summed E-state index contributed by atoms with van der Waals surface area (Å²) < 4.78 is 14.6. The zero-order valence-corrected chi connectivity index (χ0v) is 10.3. The second-order valence-electron chi connectivity index (χ2n) is 4.36. The van der Waals surface area contributed by atoms with Crippen molar-refractivity contribution in [3.8, 4) is 0 Å². The topological polar surface area (TPSA) is 72.2 Å². The van der Waals surface area contributed by atoms with Crippen LogP contribution in [-0.2, 0) is 0 Å². The number of fused-ring (bicyclic) bond motifs is 1. The average molecular weight is 283 g/mol. The molecule has 19 heavy (non-hydrogen) atoms. The molecule has 3 rings (SSSR count). The Balaban J connectivity index is 2.46. The smallest absolute Gasteiger partial charge is 0.342 e. The third-order valence-electron chi connectivity index (χ3n) is 3.13. The van der Waals surface area contributed by atoms with E-state index in [2.05, 4.69) is 4.98 Å². The molecule has 0 unspecified atom stereocenters. The Hall–Kier alpha value is -1.95. The van der Waals surface area contributed by atoms with E-state index in [9.17, 15) is 14.0 Å². The molecular weight excluding hydrogens is 275 g/mol. The number of aromatic carboxylic acids is 1. The number of carboxylic acids is 1. The van der Waals surface area contributed by atoms with Crippen molar-refractivity contribution in [2.75, 3.05) is 0 Å². The molecule has 1 aliphatic rings. The Morgan fingerprint density at radius 3 is 2.84 bits per heavy atom. The predicted octanol–water partition coefficient (Wildman–Crippen LogP) is 2.03. The van der Waals surface area contributed by atoms with E-state index in [0.717, 1.165) is 0 Å². The Labute approximate surface area is 111 Å². The number of carboxylic acid groups (broad SMARTS) is 1. The number of hydrogen-bond acceptors (Lipinski definition) is 3. The molecule has 5 nitrogen and oxygen atoms in total. The fourth-order valence-corrected chi connectivity index (χ4v) is 2.49. The SMILES string of the molecule is O=C(O)c1c(Cl)n([C@@H]2C[C@@H]2F)c2ncccc2c1=O. The van der Waals surface area contributed by atoms with Crippen molar-refractivity contribution in [2.45, 2.75) is 18.6 Å². The van der Waals surface area contributed by atoms with Crippen LogP contribution in [0.4, 0.5) is 4.39 Å². The maximum Gasteiger partial charge on any atom is 0.342 e. The molecule has 0 bridgehead atoms. The minimum atomic E-state index is -1.43. The summed E-state index contributed by atoms with van der Waals surface area (Å²) in [4.78, 5) is 27.2. The quantitative estimate of drug-likeness (QED) is 0.856. The fraction of sp³-hybridized carbons (Fsp3) is 0.250. The number of alkyl halides is 1. The third-order valence-corrected chi connectivity index (χ3v) is 3.50. The van der Waals surface area contributed by atoms with Gasteiger partial charge in [-0.15, -0.1) is 0 Å². The predicted molar refractivity (Wildman–Crippen MR) is 66.5 cm³/mol. The van der Waals surface area contributed by atoms with Crippen molar-refractivity contribution in [1.29, 1.82) is 0 Å². The molecule has 0 aromatic carbocycles. The van der Waals surface area contributed by atoms with E-state index >= 15 is 0 Å². The molecule has 0 radical (unpaired) electrons. The second kappa shape index (κ2) is 4.03. The first-order valence-electron chi connectivity index (χ1n) is 5.58. The monoisotopic (exact) mass is 282 g/mol. The van der Waals surface area contributed by atoms with Crippen molar-refractivity contribution in [1.82, 2.24) is 9.55 Å². The number of pyridine rings is 2. The summed E-state index contributed by atoms with van der Waals surface area (Å²) in [7, 11) is 0. The maximum atomic E-state index is 13.3. The van der Waals surface area contributed by atoms with Gasteiger partial charge in [0.1, 0.15) is 22.5 Å². The van der Waals surface area contributed by atoms with Crippen molar-refractivity contribution in [2.24, 2.45) is 0 Å². The molecule has 7 heteroatoms. The highest BCUT2D eigenvalue weighted by atomic mass is 35.5. The van der Waals surface area contributed by atoms with Gasteiger partial charge in [-0.3, -0.25) is 4.79 Å². The molecule has 2 aromatic rings. The highest BCUT2D eigenvalue weighted by Gasteiger charge is 2.42. The highest BCUT2D eigenvalue weighted by molar-refractivity contribution is 6.33. The molecule has 0 saturated heterocycles. The molecule has 1 fully saturated rings. The van der Waals surface area contributed by atoms with Crippen LogP contribution in [0.1, 0.15) is 22.8 Å². The van der Waals surface area contributed by atoms with Crippen LogP contribution in [0, 0.1) is 0 Å². The van der Waals surface area contributed by atoms with E-state index in [0.29, 0.717) is 0 Å². The fourth-order valence-electron chi connectivity index (χ4n) is 2.12. The first kappa shape index (κ1) is 12.1. The summed E-state index contributed by atoms with van der Waals surface area (Å²) in [5.74, 6) is -1.43. The highest BCUT2D eigenvalue weighted by Crippen LogP contribution is 2.42. The molecule has 0 amide bonds. The standard InChI is InChI=1S/C12H8ClFN2O3/c13-10-8(12(18)19)9(17)5-2-1-3-15-11(5)16(10)7-4-6(7)14/h1-3,6-7H,4H2,(H,18,19)/t6-,7+/m0/s1. The normalized spacial score (nSPS) is 21.6. The summed E-state index contributed by atoms with van der Waals surface area (Å²) in [6.07, 6.45) is 0.602. The van der Waals surface area contributed by atoms with E-state index in [4.69, 9.17) is 16.7 Å². The van der Waals surface area contributed by atoms with Crippen LogP contribution >= 0.6 is 11.6 Å². The molecule has 2 aromatic heterocycles. The van der Waals surface area contributed by atoms with Crippen molar-refractivity contribution in [3.63, 3.8) is 0 Å². The maximum absolute atomic E-state index is 13.3. The summed E-state index contributed by atoms with van der Waals surface area (Å²) in [5.41, 5.74) is -1.03. The molecule has 0 aliphatic heterocycles. The van der Waals surface area contributed by atoms with Crippen LogP contribution < -0.4 is 5.43 Å². The first-order valence-corrected chi connectivity index (χ1v) is 5.96. The Morgan fingerprint density at radius 2 is 2.26 bits per heavy atom. The lowest BCUT2D eigenvalue weighted by Gasteiger charge is -2.13. The van der Waals surface area contributed by atoms with E-state index in [-0.39, 0.29) is 22.6 Å². The van der Waals surface area contributed by atoms with E-state index in [1.165, 1.54) is 22.9 Å². The first-order chi connectivity index (χ1) is 9.02. The zero-order valence-electron chi connectivity index (χ0n) is 9.51. The second-order valence-corrected chi connectivity index (χ2v) is 4.72. The van der Waals surface area contributed by atoms with Crippen molar-refractivity contribution < 1.29 is 14.3 Å². The molecule has 1 N–H and O–H groups in total. The van der Waals surface area contributed by atoms with Gasteiger partial charge in [0.15, 0.2) is 0 Å². The van der Waals surface area contributed by atoms with Crippen LogP contribution in [0.2, 0.25) is 5.15 Å². The number of nitrogens with zero attached hydrogens (tertiary/aromatic N) is 2. The van der Waals surface area contributed by atoms with Gasteiger partial charge in [0.25, 0.3) is 0 Å². The zero-order chi connectivity index (χ0) is 13.7. The van der Waals surface area contributed by atoms with Crippen molar-refractivity contribution in [3.05, 3.63) is 39.3 Å². The average Bonchev–Trinajstić information content (AvgIpc) is 3.06. The Bertz CT molecular complexity index is 758. The van der Waals surface area contributed by atoms with Crippen LogP contribution in [0.3, 0.4) is 0 Å². The number of rotatable bonds is 2. The number of aromatic nitrogens is 2. The van der Waals surface area contributed by atoms with Crippen LogP contribution in [0.5, 0.6) is 0 Å². The molecule has 1 aliphatic carbocycles. The van der Waals surface area contributed by atoms with Gasteiger partial charge < -0.3 is 9.67 Å². The van der Waals surface area contributed by atoms with Gasteiger partial charge in [0.05, 0.1) is 11.4 Å². The molecule has 2 heterocycles. The summed E-state index contributed by atoms with van der Waals surface area (Å²) >= 11 is 5.96. The Morgan fingerprint density at radius 1 is 1.58 bits per heavy atom. The third kappa shape index (κ3) is 1.71. The molecular formula is C12H8ClFN2O3.